The van der Waals surface area contributed by atoms with E-state index in [2.05, 4.69) is 22.6 Å². The van der Waals surface area contributed by atoms with Gasteiger partial charge in [-0.15, -0.1) is 0 Å². The molecule has 2 amide bonds. The molecule has 1 aliphatic heterocycles. The quantitative estimate of drug-likeness (QED) is 0.192. The normalized spacial score (nSPS) is 14.3. The summed E-state index contributed by atoms with van der Waals surface area (Å²) in [5.41, 5.74) is 2.98. The number of amides is 2. The third-order valence-electron chi connectivity index (χ3n) is 5.70. The standard InChI is InChI=1S/C28H26INO6S/c1-18-8-4-5-9-20(18)17-36-26-21(29)14-19(15-24(26)34-3)16-25-27(31)30(28(32)37-25)12-13-35-23-11-7-6-10-22(23)33-2/h4-11,14-16H,12-13,17H2,1-3H3/b25-16-. The maximum absolute atomic E-state index is 13.0. The van der Waals surface area contributed by atoms with Gasteiger partial charge in [-0.2, -0.15) is 0 Å². The van der Waals surface area contributed by atoms with Crippen LogP contribution in [0.1, 0.15) is 16.7 Å². The number of thioether (sulfide) groups is 1. The predicted octanol–water partition coefficient (Wildman–Crippen LogP) is 6.31. The fourth-order valence-electron chi connectivity index (χ4n) is 3.71. The van der Waals surface area contributed by atoms with E-state index in [0.29, 0.717) is 34.5 Å². The van der Waals surface area contributed by atoms with Crippen molar-refractivity contribution in [3.05, 3.63) is 85.8 Å². The van der Waals surface area contributed by atoms with E-state index in [1.54, 1.807) is 38.5 Å². The minimum atomic E-state index is -0.354. The van der Waals surface area contributed by atoms with Crippen LogP contribution >= 0.6 is 34.4 Å². The van der Waals surface area contributed by atoms with E-state index >= 15 is 0 Å². The van der Waals surface area contributed by atoms with Crippen LogP contribution in [-0.4, -0.2) is 43.4 Å². The SMILES string of the molecule is COc1ccccc1OCCN1C(=O)S/C(=C\c2cc(I)c(OCc3ccccc3C)c(OC)c2)C1=O. The Morgan fingerprint density at radius 3 is 2.35 bits per heavy atom. The second-order valence-corrected chi connectivity index (χ2v) is 10.2. The van der Waals surface area contributed by atoms with Crippen molar-refractivity contribution < 1.29 is 28.5 Å². The van der Waals surface area contributed by atoms with Gasteiger partial charge in [-0.1, -0.05) is 36.4 Å². The average Bonchev–Trinajstić information content (AvgIpc) is 3.16. The van der Waals surface area contributed by atoms with E-state index in [0.717, 1.165) is 32.0 Å². The maximum atomic E-state index is 13.0. The molecule has 1 heterocycles. The largest absolute Gasteiger partial charge is 0.493 e. The molecule has 0 saturated carbocycles. The number of halogens is 1. The highest BCUT2D eigenvalue weighted by Gasteiger charge is 2.35. The van der Waals surface area contributed by atoms with E-state index in [1.807, 2.05) is 49.4 Å². The zero-order valence-electron chi connectivity index (χ0n) is 20.7. The summed E-state index contributed by atoms with van der Waals surface area (Å²) in [6, 6.07) is 19.0. The molecule has 0 aromatic heterocycles. The van der Waals surface area contributed by atoms with E-state index < -0.39 is 0 Å². The molecular weight excluding hydrogens is 605 g/mol. The number of imide groups is 1. The van der Waals surface area contributed by atoms with Crippen molar-refractivity contribution in [3.63, 3.8) is 0 Å². The summed E-state index contributed by atoms with van der Waals surface area (Å²) in [4.78, 5) is 27.0. The van der Waals surface area contributed by atoms with Gasteiger partial charge in [-0.25, -0.2) is 0 Å². The summed E-state index contributed by atoms with van der Waals surface area (Å²) < 4.78 is 23.5. The number of carbonyl (C=O) groups is 2. The van der Waals surface area contributed by atoms with Gasteiger partial charge >= 0.3 is 0 Å². The van der Waals surface area contributed by atoms with Crippen molar-refractivity contribution in [2.24, 2.45) is 0 Å². The van der Waals surface area contributed by atoms with Crippen LogP contribution in [-0.2, 0) is 11.4 Å². The number of aryl methyl sites for hydroxylation is 1. The second-order valence-electron chi connectivity index (χ2n) is 8.08. The second kappa shape index (κ2) is 12.4. The topological polar surface area (TPSA) is 74.3 Å². The Bertz CT molecular complexity index is 1340. The molecule has 0 spiro atoms. The molecule has 0 unspecified atom stereocenters. The van der Waals surface area contributed by atoms with Gasteiger partial charge in [0.05, 0.1) is 29.2 Å². The highest BCUT2D eigenvalue weighted by Crippen LogP contribution is 2.38. The number of nitrogens with zero attached hydrogens (tertiary/aromatic N) is 1. The van der Waals surface area contributed by atoms with Crippen LogP contribution in [0.2, 0.25) is 0 Å². The molecule has 0 N–H and O–H groups in total. The smallest absolute Gasteiger partial charge is 0.293 e. The molecule has 7 nitrogen and oxygen atoms in total. The van der Waals surface area contributed by atoms with Crippen molar-refractivity contribution in [3.8, 4) is 23.0 Å². The third kappa shape index (κ3) is 6.40. The van der Waals surface area contributed by atoms with Gasteiger partial charge in [0.15, 0.2) is 23.0 Å². The molecule has 0 radical (unpaired) electrons. The Kier molecular flexibility index (Phi) is 8.99. The van der Waals surface area contributed by atoms with Crippen molar-refractivity contribution in [2.45, 2.75) is 13.5 Å². The number of hydrogen-bond donors (Lipinski definition) is 0. The van der Waals surface area contributed by atoms with Crippen LogP contribution in [0.15, 0.2) is 65.6 Å². The van der Waals surface area contributed by atoms with E-state index in [9.17, 15) is 9.59 Å². The van der Waals surface area contributed by atoms with Crippen molar-refractivity contribution in [1.82, 2.24) is 4.90 Å². The minimum absolute atomic E-state index is 0.132. The number of carbonyl (C=O) groups excluding carboxylic acids is 2. The zero-order chi connectivity index (χ0) is 26.4. The van der Waals surface area contributed by atoms with Gasteiger partial charge < -0.3 is 18.9 Å². The fraction of sp³-hybridized carbons (Fsp3) is 0.214. The number of methoxy groups -OCH3 is 2. The van der Waals surface area contributed by atoms with Crippen LogP contribution in [0, 0.1) is 10.5 Å². The zero-order valence-corrected chi connectivity index (χ0v) is 23.6. The average molecular weight is 631 g/mol. The molecule has 1 saturated heterocycles. The van der Waals surface area contributed by atoms with Crippen LogP contribution in [0.4, 0.5) is 4.79 Å². The van der Waals surface area contributed by atoms with Crippen LogP contribution in [0.5, 0.6) is 23.0 Å². The Hall–Kier alpha value is -3.18. The van der Waals surface area contributed by atoms with Crippen LogP contribution in [0.25, 0.3) is 6.08 Å². The lowest BCUT2D eigenvalue weighted by Gasteiger charge is -2.15. The van der Waals surface area contributed by atoms with Gasteiger partial charge in [-0.3, -0.25) is 14.5 Å². The van der Waals surface area contributed by atoms with E-state index in [4.69, 9.17) is 18.9 Å². The maximum Gasteiger partial charge on any atom is 0.293 e. The Labute approximate surface area is 233 Å². The lowest BCUT2D eigenvalue weighted by Crippen LogP contribution is -2.32. The molecule has 192 valence electrons. The first-order valence-corrected chi connectivity index (χ1v) is 13.4. The molecule has 3 aromatic rings. The first-order chi connectivity index (χ1) is 17.9. The molecule has 0 atom stereocenters. The van der Waals surface area contributed by atoms with Crippen LogP contribution < -0.4 is 18.9 Å². The summed E-state index contributed by atoms with van der Waals surface area (Å²) in [5, 5.41) is -0.334. The molecular formula is C28H26INO6S. The number of ether oxygens (including phenoxy) is 4. The number of hydrogen-bond acceptors (Lipinski definition) is 7. The monoisotopic (exact) mass is 631 g/mol. The Balaban J connectivity index is 1.45. The molecule has 1 fully saturated rings. The summed E-state index contributed by atoms with van der Waals surface area (Å²) in [7, 11) is 3.13. The molecule has 4 rings (SSSR count). The number of para-hydroxylation sites is 2. The third-order valence-corrected chi connectivity index (χ3v) is 7.41. The Morgan fingerprint density at radius 2 is 1.62 bits per heavy atom. The lowest BCUT2D eigenvalue weighted by molar-refractivity contribution is -0.123. The number of benzene rings is 3. The molecule has 3 aromatic carbocycles. The van der Waals surface area contributed by atoms with Crippen molar-refractivity contribution >= 4 is 51.6 Å². The highest BCUT2D eigenvalue weighted by molar-refractivity contribution is 14.1. The predicted molar refractivity (Wildman–Crippen MR) is 152 cm³/mol. The van der Waals surface area contributed by atoms with Gasteiger partial charge in [0, 0.05) is 0 Å². The van der Waals surface area contributed by atoms with Crippen LogP contribution in [0.3, 0.4) is 0 Å². The first kappa shape index (κ1) is 26.9. The fourth-order valence-corrected chi connectivity index (χ4v) is 5.36. The lowest BCUT2D eigenvalue weighted by atomic mass is 10.1. The highest BCUT2D eigenvalue weighted by atomic mass is 127. The van der Waals surface area contributed by atoms with E-state index in [1.165, 1.54) is 4.90 Å². The molecule has 0 bridgehead atoms. The summed E-state index contributed by atoms with van der Waals surface area (Å²) in [6.45, 7) is 2.74. The summed E-state index contributed by atoms with van der Waals surface area (Å²) in [5.74, 6) is 1.97. The molecule has 9 heteroatoms. The minimum Gasteiger partial charge on any atom is -0.493 e. The molecule has 37 heavy (non-hydrogen) atoms. The van der Waals surface area contributed by atoms with E-state index in [-0.39, 0.29) is 24.3 Å². The first-order valence-electron chi connectivity index (χ1n) is 11.5. The van der Waals surface area contributed by atoms with Gasteiger partial charge in [0.1, 0.15) is 13.2 Å². The molecule has 0 aliphatic carbocycles. The van der Waals surface area contributed by atoms with Gasteiger partial charge in [0.25, 0.3) is 11.1 Å². The van der Waals surface area contributed by atoms with Crippen molar-refractivity contribution in [2.75, 3.05) is 27.4 Å². The summed E-state index contributed by atoms with van der Waals surface area (Å²) >= 11 is 3.09. The summed E-state index contributed by atoms with van der Waals surface area (Å²) in [6.07, 6.45) is 1.70. The Morgan fingerprint density at radius 1 is 0.919 bits per heavy atom. The number of rotatable bonds is 10. The van der Waals surface area contributed by atoms with Crippen molar-refractivity contribution in [1.29, 1.82) is 0 Å². The van der Waals surface area contributed by atoms with Gasteiger partial charge in [0.2, 0.25) is 0 Å². The van der Waals surface area contributed by atoms with Gasteiger partial charge in [-0.05, 0) is 88.3 Å². The molecule has 1 aliphatic rings.